The van der Waals surface area contributed by atoms with E-state index in [4.69, 9.17) is 19.2 Å². The maximum Gasteiger partial charge on any atom is 0.261 e. The van der Waals surface area contributed by atoms with E-state index in [1.54, 1.807) is 37.6 Å². The number of nitrogens with zero attached hydrogens (tertiary/aromatic N) is 6. The predicted molar refractivity (Wildman–Crippen MR) is 124 cm³/mol. The third-order valence-electron chi connectivity index (χ3n) is 6.20. The van der Waals surface area contributed by atoms with E-state index >= 15 is 0 Å². The Kier molecular flexibility index (Phi) is 5.85. The largest absolute Gasteiger partial charge is 0.612 e. The summed E-state index contributed by atoms with van der Waals surface area (Å²) in [5, 5.41) is 8.95. The van der Waals surface area contributed by atoms with Crippen LogP contribution in [0.3, 0.4) is 0 Å². The van der Waals surface area contributed by atoms with Crippen molar-refractivity contribution in [2.45, 2.75) is 24.3 Å². The molecule has 0 aromatic carbocycles. The van der Waals surface area contributed by atoms with Crippen LogP contribution >= 0.6 is 0 Å². The highest BCUT2D eigenvalue weighted by molar-refractivity contribution is 7.91. The average Bonchev–Trinajstić information content (AvgIpc) is 3.36. The first kappa shape index (κ1) is 21.9. The predicted octanol–water partition coefficient (Wildman–Crippen LogP) is 2.56. The zero-order chi connectivity index (χ0) is 23.1. The van der Waals surface area contributed by atoms with Crippen LogP contribution in [0.15, 0.2) is 23.4 Å². The van der Waals surface area contributed by atoms with Crippen molar-refractivity contribution in [1.29, 1.82) is 0 Å². The molecular formula is C22H26N6O4S. The number of aryl methyl sites for hydroxylation is 1. The van der Waals surface area contributed by atoms with E-state index in [-0.39, 0.29) is 0 Å². The fraction of sp³-hybridized carbons (Fsp3) is 0.455. The molecule has 10 nitrogen and oxygen atoms in total. The lowest BCUT2D eigenvalue weighted by Crippen LogP contribution is -2.20. The molecule has 4 aromatic rings. The van der Waals surface area contributed by atoms with Crippen LogP contribution in [0.1, 0.15) is 12.8 Å². The van der Waals surface area contributed by atoms with Gasteiger partial charge in [0.2, 0.25) is 5.88 Å². The molecule has 0 N–H and O–H groups in total. The summed E-state index contributed by atoms with van der Waals surface area (Å²) in [6.45, 7) is 2.26. The molecule has 0 bridgehead atoms. The molecule has 0 radical (unpaired) electrons. The molecule has 1 aliphatic rings. The number of pyridine rings is 2. The van der Waals surface area contributed by atoms with E-state index < -0.39 is 11.2 Å². The maximum atomic E-state index is 12.7. The second-order valence-corrected chi connectivity index (χ2v) is 9.49. The van der Waals surface area contributed by atoms with Crippen LogP contribution < -0.4 is 9.47 Å². The van der Waals surface area contributed by atoms with Gasteiger partial charge in [-0.2, -0.15) is 0 Å². The van der Waals surface area contributed by atoms with Crippen molar-refractivity contribution < 1.29 is 18.8 Å². The molecule has 0 aliphatic carbocycles. The van der Waals surface area contributed by atoms with Crippen LogP contribution in [0.5, 0.6) is 11.8 Å². The fourth-order valence-electron chi connectivity index (χ4n) is 4.58. The van der Waals surface area contributed by atoms with E-state index in [2.05, 4.69) is 25.9 Å². The van der Waals surface area contributed by atoms with Gasteiger partial charge in [-0.3, -0.25) is 4.98 Å². The maximum absolute atomic E-state index is 12.7. The zero-order valence-corrected chi connectivity index (χ0v) is 19.9. The van der Waals surface area contributed by atoms with Crippen LogP contribution in [0.25, 0.3) is 33.2 Å². The van der Waals surface area contributed by atoms with E-state index in [0.29, 0.717) is 22.6 Å². The number of hydrogen-bond acceptors (Lipinski definition) is 8. The second-order valence-electron chi connectivity index (χ2n) is 8.14. The SMILES string of the molecule is COc1nnn(C)c1-c1cnc2c3c(OC)ncc([S+](C)[O-])c3n(CC3CCOCC3)c2c1. The third kappa shape index (κ3) is 3.69. The Morgan fingerprint density at radius 1 is 1.15 bits per heavy atom. The lowest BCUT2D eigenvalue weighted by molar-refractivity contribution is 0.0619. The minimum atomic E-state index is -1.24. The summed E-state index contributed by atoms with van der Waals surface area (Å²) in [6, 6.07) is 2.06. The van der Waals surface area contributed by atoms with Gasteiger partial charge in [-0.05, 0) is 36.0 Å². The Morgan fingerprint density at radius 2 is 1.91 bits per heavy atom. The van der Waals surface area contributed by atoms with Gasteiger partial charge in [-0.25, -0.2) is 9.67 Å². The first-order valence-electron chi connectivity index (χ1n) is 10.7. The highest BCUT2D eigenvalue weighted by Crippen LogP contribution is 2.39. The first-order valence-corrected chi connectivity index (χ1v) is 12.3. The number of methoxy groups -OCH3 is 2. The van der Waals surface area contributed by atoms with E-state index in [1.165, 1.54) is 0 Å². The molecule has 1 saturated heterocycles. The summed E-state index contributed by atoms with van der Waals surface area (Å²) >= 11 is -1.24. The standard InChI is InChI=1S/C22H26N6O4S/c1-27-19(22(31-3)25-26-27)14-9-15-18(23-10-14)17-20(16(33(4)29)11-24-21(17)30-2)28(15)12-13-5-7-32-8-6-13/h9-11,13H,5-8,12H2,1-4H3. The Labute approximate surface area is 194 Å². The minimum Gasteiger partial charge on any atom is -0.612 e. The summed E-state index contributed by atoms with van der Waals surface area (Å²) in [7, 11) is 4.98. The molecule has 1 atom stereocenters. The smallest absolute Gasteiger partial charge is 0.261 e. The van der Waals surface area contributed by atoms with Crippen molar-refractivity contribution in [3.63, 3.8) is 0 Å². The molecule has 0 spiro atoms. The summed E-state index contributed by atoms with van der Waals surface area (Å²) in [4.78, 5) is 9.92. The Morgan fingerprint density at radius 3 is 2.61 bits per heavy atom. The van der Waals surface area contributed by atoms with Gasteiger partial charge in [0.1, 0.15) is 23.0 Å². The fourth-order valence-corrected chi connectivity index (χ4v) is 5.26. The molecule has 1 aliphatic heterocycles. The molecule has 1 fully saturated rings. The Balaban J connectivity index is 1.81. The monoisotopic (exact) mass is 470 g/mol. The quantitative estimate of drug-likeness (QED) is 0.395. The molecule has 174 valence electrons. The molecule has 11 heteroatoms. The lowest BCUT2D eigenvalue weighted by Gasteiger charge is -2.23. The summed E-state index contributed by atoms with van der Waals surface area (Å²) in [5.74, 6) is 1.33. The van der Waals surface area contributed by atoms with Gasteiger partial charge in [-0.15, -0.1) is 0 Å². The summed E-state index contributed by atoms with van der Waals surface area (Å²) < 4.78 is 33.2. The molecule has 5 rings (SSSR count). The van der Waals surface area contributed by atoms with Crippen LogP contribution in [0.2, 0.25) is 0 Å². The van der Waals surface area contributed by atoms with Gasteiger partial charge >= 0.3 is 0 Å². The molecule has 0 amide bonds. The van der Waals surface area contributed by atoms with E-state index in [9.17, 15) is 4.55 Å². The molecule has 4 aromatic heterocycles. The highest BCUT2D eigenvalue weighted by atomic mass is 32.2. The average molecular weight is 471 g/mol. The molecule has 33 heavy (non-hydrogen) atoms. The number of ether oxygens (including phenoxy) is 3. The van der Waals surface area contributed by atoms with E-state index in [1.807, 2.05) is 7.05 Å². The third-order valence-corrected chi connectivity index (χ3v) is 7.11. The number of fused-ring (bicyclic) bond motifs is 3. The molecule has 0 saturated carbocycles. The van der Waals surface area contributed by atoms with Crippen LogP contribution in [0.4, 0.5) is 0 Å². The molecular weight excluding hydrogens is 444 g/mol. The van der Waals surface area contributed by atoms with Crippen LogP contribution in [0, 0.1) is 5.92 Å². The lowest BCUT2D eigenvalue weighted by atomic mass is 10.0. The van der Waals surface area contributed by atoms with Crippen molar-refractivity contribution in [2.75, 3.05) is 33.7 Å². The second kappa shape index (κ2) is 8.81. The molecule has 5 heterocycles. The van der Waals surface area contributed by atoms with Gasteiger partial charge in [0.15, 0.2) is 4.90 Å². The first-order chi connectivity index (χ1) is 16.0. The Hall–Kier alpha value is -2.89. The topological polar surface area (TPSA) is 112 Å². The van der Waals surface area contributed by atoms with Crippen molar-refractivity contribution in [2.24, 2.45) is 13.0 Å². The summed E-state index contributed by atoms with van der Waals surface area (Å²) in [5.41, 5.74) is 4.08. The number of aromatic nitrogens is 6. The van der Waals surface area contributed by atoms with Gasteiger partial charge in [0, 0.05) is 38.6 Å². The van der Waals surface area contributed by atoms with Crippen LogP contribution in [-0.4, -0.2) is 67.8 Å². The Bertz CT molecular complexity index is 1310. The van der Waals surface area contributed by atoms with Crippen molar-refractivity contribution in [1.82, 2.24) is 29.5 Å². The van der Waals surface area contributed by atoms with Crippen molar-refractivity contribution in [3.8, 4) is 23.0 Å². The normalized spacial score (nSPS) is 15.9. The van der Waals surface area contributed by atoms with Crippen LogP contribution in [-0.2, 0) is 29.5 Å². The summed E-state index contributed by atoms with van der Waals surface area (Å²) in [6.07, 6.45) is 7.04. The zero-order valence-electron chi connectivity index (χ0n) is 19.1. The highest BCUT2D eigenvalue weighted by Gasteiger charge is 2.27. The van der Waals surface area contributed by atoms with Crippen molar-refractivity contribution >= 4 is 33.1 Å². The number of rotatable bonds is 6. The minimum absolute atomic E-state index is 0.431. The van der Waals surface area contributed by atoms with Gasteiger partial charge in [-0.1, -0.05) is 10.3 Å². The van der Waals surface area contributed by atoms with E-state index in [0.717, 1.165) is 65.8 Å². The number of hydrogen-bond donors (Lipinski definition) is 0. The van der Waals surface area contributed by atoms with Gasteiger partial charge in [0.25, 0.3) is 5.88 Å². The molecule has 1 unspecified atom stereocenters. The van der Waals surface area contributed by atoms with Gasteiger partial charge < -0.3 is 23.3 Å². The van der Waals surface area contributed by atoms with Crippen molar-refractivity contribution in [3.05, 3.63) is 18.5 Å². The van der Waals surface area contributed by atoms with Gasteiger partial charge in [0.05, 0.1) is 31.3 Å².